The lowest BCUT2D eigenvalue weighted by molar-refractivity contribution is -0.143. The van der Waals surface area contributed by atoms with Crippen molar-refractivity contribution in [3.05, 3.63) is 30.1 Å². The van der Waals surface area contributed by atoms with Gasteiger partial charge in [0.2, 0.25) is 0 Å². The van der Waals surface area contributed by atoms with Crippen LogP contribution in [0.1, 0.15) is 18.9 Å². The highest BCUT2D eigenvalue weighted by Gasteiger charge is 2.31. The van der Waals surface area contributed by atoms with Gasteiger partial charge < -0.3 is 10.8 Å². The summed E-state index contributed by atoms with van der Waals surface area (Å²) in [6, 6.07) is 3.60. The molecule has 3 N–H and O–H groups in total. The zero-order valence-corrected chi connectivity index (χ0v) is 8.10. The summed E-state index contributed by atoms with van der Waals surface area (Å²) < 4.78 is 0. The molecule has 14 heavy (non-hydrogen) atoms. The molecule has 0 bridgehead atoms. The van der Waals surface area contributed by atoms with Gasteiger partial charge in [0.25, 0.3) is 0 Å². The van der Waals surface area contributed by atoms with Crippen molar-refractivity contribution in [1.29, 1.82) is 0 Å². The largest absolute Gasteiger partial charge is 0.480 e. The number of aromatic nitrogens is 1. The van der Waals surface area contributed by atoms with E-state index in [1.165, 1.54) is 0 Å². The second kappa shape index (κ2) is 4.19. The Labute approximate surface area is 82.8 Å². The molecule has 0 aliphatic rings. The van der Waals surface area contributed by atoms with Crippen LogP contribution >= 0.6 is 0 Å². The van der Waals surface area contributed by atoms with Gasteiger partial charge in [-0.25, -0.2) is 0 Å². The van der Waals surface area contributed by atoms with E-state index in [0.29, 0.717) is 12.8 Å². The first kappa shape index (κ1) is 10.7. The van der Waals surface area contributed by atoms with Crippen molar-refractivity contribution in [2.75, 3.05) is 0 Å². The van der Waals surface area contributed by atoms with E-state index in [9.17, 15) is 4.79 Å². The Kier molecular flexibility index (Phi) is 3.19. The second-order valence-electron chi connectivity index (χ2n) is 3.35. The SMILES string of the molecule is CCC(N)(Cc1cccnc1)C(=O)O. The first-order valence-electron chi connectivity index (χ1n) is 4.49. The predicted molar refractivity (Wildman–Crippen MR) is 52.8 cm³/mol. The molecule has 76 valence electrons. The quantitative estimate of drug-likeness (QED) is 0.743. The number of rotatable bonds is 4. The summed E-state index contributed by atoms with van der Waals surface area (Å²) in [4.78, 5) is 14.8. The molecule has 1 rings (SSSR count). The van der Waals surface area contributed by atoms with Gasteiger partial charge in [-0.05, 0) is 18.1 Å². The van der Waals surface area contributed by atoms with Gasteiger partial charge in [0.15, 0.2) is 0 Å². The van der Waals surface area contributed by atoms with Crippen LogP contribution < -0.4 is 5.73 Å². The van der Waals surface area contributed by atoms with Crippen LogP contribution in [0.4, 0.5) is 0 Å². The molecule has 1 aromatic heterocycles. The van der Waals surface area contributed by atoms with Crippen molar-refractivity contribution in [2.45, 2.75) is 25.3 Å². The first-order chi connectivity index (χ1) is 6.58. The summed E-state index contributed by atoms with van der Waals surface area (Å²) in [7, 11) is 0. The van der Waals surface area contributed by atoms with Gasteiger partial charge in [-0.15, -0.1) is 0 Å². The molecule has 0 radical (unpaired) electrons. The minimum atomic E-state index is -1.18. The summed E-state index contributed by atoms with van der Waals surface area (Å²) in [5.74, 6) is -0.969. The Hall–Kier alpha value is -1.42. The third-order valence-electron chi connectivity index (χ3n) is 2.30. The van der Waals surface area contributed by atoms with E-state index in [-0.39, 0.29) is 0 Å². The Bertz CT molecular complexity index is 313. The summed E-state index contributed by atoms with van der Waals surface area (Å²) in [6.07, 6.45) is 4.00. The molecule has 0 fully saturated rings. The molecular weight excluding hydrogens is 180 g/mol. The highest BCUT2D eigenvalue weighted by Crippen LogP contribution is 2.14. The van der Waals surface area contributed by atoms with Crippen LogP contribution in [0.15, 0.2) is 24.5 Å². The van der Waals surface area contributed by atoms with E-state index in [1.54, 1.807) is 25.4 Å². The van der Waals surface area contributed by atoms with Crippen LogP contribution in [0.25, 0.3) is 0 Å². The molecule has 1 atom stereocenters. The summed E-state index contributed by atoms with van der Waals surface area (Å²) in [6.45, 7) is 1.77. The van der Waals surface area contributed by atoms with Gasteiger partial charge in [-0.3, -0.25) is 9.78 Å². The maximum atomic E-state index is 10.9. The van der Waals surface area contributed by atoms with Crippen molar-refractivity contribution < 1.29 is 9.90 Å². The molecule has 1 unspecified atom stereocenters. The van der Waals surface area contributed by atoms with E-state index in [2.05, 4.69) is 4.98 Å². The Morgan fingerprint density at radius 2 is 2.43 bits per heavy atom. The maximum absolute atomic E-state index is 10.9. The van der Waals surface area contributed by atoms with Gasteiger partial charge in [-0.1, -0.05) is 13.0 Å². The number of nitrogens with zero attached hydrogens (tertiary/aromatic N) is 1. The third-order valence-corrected chi connectivity index (χ3v) is 2.30. The van der Waals surface area contributed by atoms with Crippen LogP contribution in [-0.4, -0.2) is 21.6 Å². The third kappa shape index (κ3) is 2.29. The average Bonchev–Trinajstić information content (AvgIpc) is 2.19. The molecular formula is C10H14N2O2. The van der Waals surface area contributed by atoms with Crippen molar-refractivity contribution in [3.63, 3.8) is 0 Å². The molecule has 0 amide bonds. The molecule has 1 heterocycles. The van der Waals surface area contributed by atoms with E-state index in [4.69, 9.17) is 10.8 Å². The standard InChI is InChI=1S/C10H14N2O2/c1-2-10(11,9(13)14)6-8-4-3-5-12-7-8/h3-5,7H,2,6,11H2,1H3,(H,13,14). The second-order valence-corrected chi connectivity index (χ2v) is 3.35. The van der Waals surface area contributed by atoms with E-state index in [0.717, 1.165) is 5.56 Å². The lowest BCUT2D eigenvalue weighted by Gasteiger charge is -2.22. The summed E-state index contributed by atoms with van der Waals surface area (Å²) in [5.41, 5.74) is 5.41. The molecule has 4 heteroatoms. The van der Waals surface area contributed by atoms with Gasteiger partial charge in [0.1, 0.15) is 5.54 Å². The van der Waals surface area contributed by atoms with E-state index in [1.807, 2.05) is 6.07 Å². The number of hydrogen-bond acceptors (Lipinski definition) is 3. The molecule has 0 saturated carbocycles. The molecule has 0 spiro atoms. The van der Waals surface area contributed by atoms with Crippen molar-refractivity contribution >= 4 is 5.97 Å². The van der Waals surface area contributed by atoms with E-state index >= 15 is 0 Å². The number of aliphatic carboxylic acids is 1. The Morgan fingerprint density at radius 1 is 1.71 bits per heavy atom. The molecule has 0 aromatic carbocycles. The molecule has 0 aliphatic carbocycles. The molecule has 0 aliphatic heterocycles. The number of carbonyl (C=O) groups is 1. The lowest BCUT2D eigenvalue weighted by Crippen LogP contribution is -2.49. The number of carboxylic acids is 1. The van der Waals surface area contributed by atoms with Gasteiger partial charge in [0, 0.05) is 18.8 Å². The summed E-state index contributed by atoms with van der Waals surface area (Å²) >= 11 is 0. The smallest absolute Gasteiger partial charge is 0.324 e. The predicted octanol–water partition coefficient (Wildman–Crippen LogP) is 0.816. The first-order valence-corrected chi connectivity index (χ1v) is 4.49. The minimum Gasteiger partial charge on any atom is -0.480 e. The number of nitrogens with two attached hydrogens (primary N) is 1. The average molecular weight is 194 g/mol. The Balaban J connectivity index is 2.81. The molecule has 4 nitrogen and oxygen atoms in total. The van der Waals surface area contributed by atoms with Gasteiger partial charge in [0.05, 0.1) is 0 Å². The molecule has 0 saturated heterocycles. The minimum absolute atomic E-state index is 0.312. The number of pyridine rings is 1. The highest BCUT2D eigenvalue weighted by atomic mass is 16.4. The fourth-order valence-corrected chi connectivity index (χ4v) is 1.22. The Morgan fingerprint density at radius 3 is 2.86 bits per heavy atom. The normalized spacial score (nSPS) is 14.7. The highest BCUT2D eigenvalue weighted by molar-refractivity contribution is 5.78. The van der Waals surface area contributed by atoms with Gasteiger partial charge >= 0.3 is 5.97 Å². The zero-order valence-electron chi connectivity index (χ0n) is 8.10. The summed E-state index contributed by atoms with van der Waals surface area (Å²) in [5, 5.41) is 8.95. The van der Waals surface area contributed by atoms with Crippen LogP contribution in [0, 0.1) is 0 Å². The number of hydrogen-bond donors (Lipinski definition) is 2. The molecule has 1 aromatic rings. The zero-order chi connectivity index (χ0) is 10.6. The lowest BCUT2D eigenvalue weighted by atomic mass is 9.90. The van der Waals surface area contributed by atoms with Crippen molar-refractivity contribution in [1.82, 2.24) is 4.98 Å². The number of carboxylic acid groups (broad SMARTS) is 1. The van der Waals surface area contributed by atoms with Crippen LogP contribution in [0.3, 0.4) is 0 Å². The fraction of sp³-hybridized carbons (Fsp3) is 0.400. The topological polar surface area (TPSA) is 76.2 Å². The fourth-order valence-electron chi connectivity index (χ4n) is 1.22. The monoisotopic (exact) mass is 194 g/mol. The van der Waals surface area contributed by atoms with Crippen LogP contribution in [0.5, 0.6) is 0 Å². The van der Waals surface area contributed by atoms with Crippen LogP contribution in [-0.2, 0) is 11.2 Å². The van der Waals surface area contributed by atoms with E-state index < -0.39 is 11.5 Å². The van der Waals surface area contributed by atoms with Crippen LogP contribution in [0.2, 0.25) is 0 Å². The maximum Gasteiger partial charge on any atom is 0.324 e. The van der Waals surface area contributed by atoms with Crippen molar-refractivity contribution in [2.24, 2.45) is 5.73 Å². The van der Waals surface area contributed by atoms with Gasteiger partial charge in [-0.2, -0.15) is 0 Å². The van der Waals surface area contributed by atoms with Crippen molar-refractivity contribution in [3.8, 4) is 0 Å².